The van der Waals surface area contributed by atoms with E-state index in [0.717, 1.165) is 16.9 Å². The lowest BCUT2D eigenvalue weighted by Gasteiger charge is -2.17. The monoisotopic (exact) mass is 371 g/mol. The summed E-state index contributed by atoms with van der Waals surface area (Å²) in [6.45, 7) is 6.87. The maximum absolute atomic E-state index is 12.4. The highest BCUT2D eigenvalue weighted by Crippen LogP contribution is 2.30. The molecule has 2 aromatic rings. The number of ether oxygens (including phenoxy) is 1. The van der Waals surface area contributed by atoms with Crippen LogP contribution in [0, 0.1) is 24.0 Å². The Morgan fingerprint density at radius 3 is 2.44 bits per heavy atom. The van der Waals surface area contributed by atoms with Gasteiger partial charge in [0.1, 0.15) is 11.4 Å². The molecule has 0 aliphatic carbocycles. The van der Waals surface area contributed by atoms with Gasteiger partial charge in [-0.05, 0) is 56.6 Å². The standard InChI is InChI=1S/C20H25N3O4/c1-5-27-17-9-7-16(8-10-17)12-22(4)13-19(24)21-20-15(3)14(2)6-11-18(20)23(25)26/h6-11H,5,12-13H2,1-4H3,(H,21,24). The summed E-state index contributed by atoms with van der Waals surface area (Å²) in [5.74, 6) is 0.518. The zero-order chi connectivity index (χ0) is 20.0. The average Bonchev–Trinajstić information content (AvgIpc) is 2.60. The molecule has 2 aromatic carbocycles. The van der Waals surface area contributed by atoms with Crippen molar-refractivity contribution in [1.29, 1.82) is 0 Å². The lowest BCUT2D eigenvalue weighted by atomic mass is 10.1. The summed E-state index contributed by atoms with van der Waals surface area (Å²) in [5, 5.41) is 13.9. The number of carbonyl (C=O) groups is 1. The minimum atomic E-state index is -0.480. The number of nitro benzene ring substituents is 1. The summed E-state index contributed by atoms with van der Waals surface area (Å²) in [5.41, 5.74) is 2.80. The Morgan fingerprint density at radius 2 is 1.85 bits per heavy atom. The number of likely N-dealkylation sites (N-methyl/N-ethyl adjacent to an activating group) is 1. The molecule has 1 amide bonds. The Balaban J connectivity index is 2.01. The molecule has 7 heteroatoms. The molecule has 0 spiro atoms. The number of nitrogens with zero attached hydrogens (tertiary/aromatic N) is 2. The van der Waals surface area contributed by atoms with Gasteiger partial charge in [0.2, 0.25) is 5.91 Å². The van der Waals surface area contributed by atoms with Crippen molar-refractivity contribution in [3.05, 3.63) is 63.2 Å². The number of anilines is 1. The first-order valence-electron chi connectivity index (χ1n) is 8.76. The normalized spacial score (nSPS) is 10.7. The van der Waals surface area contributed by atoms with Gasteiger partial charge in [0.05, 0.1) is 18.1 Å². The van der Waals surface area contributed by atoms with Crippen molar-refractivity contribution in [2.45, 2.75) is 27.3 Å². The second-order valence-electron chi connectivity index (χ2n) is 6.46. The number of rotatable bonds is 8. The molecule has 0 unspecified atom stereocenters. The molecule has 0 fully saturated rings. The summed E-state index contributed by atoms with van der Waals surface area (Å²) in [4.78, 5) is 25.0. The molecular weight excluding hydrogens is 346 g/mol. The summed E-state index contributed by atoms with van der Waals surface area (Å²) >= 11 is 0. The molecule has 0 aliphatic rings. The molecule has 0 aliphatic heterocycles. The second-order valence-corrected chi connectivity index (χ2v) is 6.46. The highest BCUT2D eigenvalue weighted by atomic mass is 16.6. The number of hydrogen-bond acceptors (Lipinski definition) is 5. The van der Waals surface area contributed by atoms with Gasteiger partial charge in [-0.3, -0.25) is 19.8 Å². The maximum Gasteiger partial charge on any atom is 0.293 e. The van der Waals surface area contributed by atoms with E-state index >= 15 is 0 Å². The summed E-state index contributed by atoms with van der Waals surface area (Å²) in [6.07, 6.45) is 0. The topological polar surface area (TPSA) is 84.7 Å². The highest BCUT2D eigenvalue weighted by molar-refractivity contribution is 5.95. The fraction of sp³-hybridized carbons (Fsp3) is 0.350. The number of benzene rings is 2. The molecule has 0 bridgehead atoms. The van der Waals surface area contributed by atoms with E-state index in [1.165, 1.54) is 6.07 Å². The van der Waals surface area contributed by atoms with Crippen LogP contribution >= 0.6 is 0 Å². The van der Waals surface area contributed by atoms with Crippen molar-refractivity contribution in [1.82, 2.24) is 4.90 Å². The fourth-order valence-electron chi connectivity index (χ4n) is 2.76. The third-order valence-corrected chi connectivity index (χ3v) is 4.28. The van der Waals surface area contributed by atoms with E-state index in [1.54, 1.807) is 13.0 Å². The van der Waals surface area contributed by atoms with E-state index in [1.807, 2.05) is 50.1 Å². The van der Waals surface area contributed by atoms with E-state index in [4.69, 9.17) is 4.74 Å². The van der Waals surface area contributed by atoms with E-state index in [9.17, 15) is 14.9 Å². The van der Waals surface area contributed by atoms with Crippen LogP contribution in [0.3, 0.4) is 0 Å². The molecule has 7 nitrogen and oxygen atoms in total. The van der Waals surface area contributed by atoms with E-state index in [0.29, 0.717) is 18.7 Å². The lowest BCUT2D eigenvalue weighted by molar-refractivity contribution is -0.384. The van der Waals surface area contributed by atoms with Crippen LogP contribution < -0.4 is 10.1 Å². The van der Waals surface area contributed by atoms with Crippen molar-refractivity contribution in [2.75, 3.05) is 25.5 Å². The minimum Gasteiger partial charge on any atom is -0.494 e. The minimum absolute atomic E-state index is 0.0967. The molecule has 144 valence electrons. The molecular formula is C20H25N3O4. The predicted octanol–water partition coefficient (Wildman–Crippen LogP) is 3.68. The van der Waals surface area contributed by atoms with Crippen molar-refractivity contribution in [2.24, 2.45) is 0 Å². The molecule has 27 heavy (non-hydrogen) atoms. The van der Waals surface area contributed by atoms with Crippen molar-refractivity contribution in [3.8, 4) is 5.75 Å². The van der Waals surface area contributed by atoms with Gasteiger partial charge < -0.3 is 10.1 Å². The number of nitrogens with one attached hydrogen (secondary N) is 1. The Kier molecular flexibility index (Phi) is 6.90. The quantitative estimate of drug-likeness (QED) is 0.565. The van der Waals surface area contributed by atoms with Crippen LogP contribution in [0.15, 0.2) is 36.4 Å². The van der Waals surface area contributed by atoms with Gasteiger partial charge in [-0.15, -0.1) is 0 Å². The first kappa shape index (κ1) is 20.4. The van der Waals surface area contributed by atoms with E-state index < -0.39 is 4.92 Å². The van der Waals surface area contributed by atoms with Crippen molar-refractivity contribution >= 4 is 17.3 Å². The molecule has 0 radical (unpaired) electrons. The van der Waals surface area contributed by atoms with Gasteiger partial charge in [-0.25, -0.2) is 0 Å². The van der Waals surface area contributed by atoms with Crippen LogP contribution in [0.1, 0.15) is 23.6 Å². The Morgan fingerprint density at radius 1 is 1.19 bits per heavy atom. The highest BCUT2D eigenvalue weighted by Gasteiger charge is 2.20. The molecule has 0 saturated carbocycles. The number of carbonyl (C=O) groups excluding carboxylic acids is 1. The molecule has 0 atom stereocenters. The molecule has 0 saturated heterocycles. The number of amides is 1. The number of hydrogen-bond donors (Lipinski definition) is 1. The summed E-state index contributed by atoms with van der Waals surface area (Å²) in [7, 11) is 1.83. The number of aryl methyl sites for hydroxylation is 1. The van der Waals surface area contributed by atoms with Gasteiger partial charge in [-0.2, -0.15) is 0 Å². The molecule has 2 rings (SSSR count). The third-order valence-electron chi connectivity index (χ3n) is 4.28. The van der Waals surface area contributed by atoms with Gasteiger partial charge in [0, 0.05) is 12.6 Å². The number of nitro groups is 1. The Hall–Kier alpha value is -2.93. The largest absolute Gasteiger partial charge is 0.494 e. The van der Waals surface area contributed by atoms with Crippen LogP contribution in [-0.4, -0.2) is 35.9 Å². The van der Waals surface area contributed by atoms with Crippen LogP contribution in [-0.2, 0) is 11.3 Å². The molecule has 1 N–H and O–H groups in total. The SMILES string of the molecule is CCOc1ccc(CN(C)CC(=O)Nc2c([N+](=O)[O-])ccc(C)c2C)cc1. The Bertz CT molecular complexity index is 819. The maximum atomic E-state index is 12.4. The second kappa shape index (κ2) is 9.14. The molecule has 0 aromatic heterocycles. The summed E-state index contributed by atoms with van der Waals surface area (Å²) < 4.78 is 5.42. The molecule has 0 heterocycles. The van der Waals surface area contributed by atoms with Crippen LogP contribution in [0.4, 0.5) is 11.4 Å². The first-order valence-corrected chi connectivity index (χ1v) is 8.76. The fourth-order valence-corrected chi connectivity index (χ4v) is 2.76. The van der Waals surface area contributed by atoms with Crippen LogP contribution in [0.2, 0.25) is 0 Å². The van der Waals surface area contributed by atoms with Crippen molar-refractivity contribution < 1.29 is 14.5 Å². The van der Waals surface area contributed by atoms with E-state index in [2.05, 4.69) is 5.32 Å². The predicted molar refractivity (Wildman–Crippen MR) is 105 cm³/mol. The van der Waals surface area contributed by atoms with Crippen LogP contribution in [0.5, 0.6) is 5.75 Å². The average molecular weight is 371 g/mol. The smallest absolute Gasteiger partial charge is 0.293 e. The summed E-state index contributed by atoms with van der Waals surface area (Å²) in [6, 6.07) is 10.8. The van der Waals surface area contributed by atoms with Crippen LogP contribution in [0.25, 0.3) is 0 Å². The van der Waals surface area contributed by atoms with Gasteiger partial charge in [-0.1, -0.05) is 18.2 Å². The lowest BCUT2D eigenvalue weighted by Crippen LogP contribution is -2.30. The third kappa shape index (κ3) is 5.52. The zero-order valence-electron chi connectivity index (χ0n) is 16.1. The van der Waals surface area contributed by atoms with Gasteiger partial charge in [0.25, 0.3) is 5.69 Å². The van der Waals surface area contributed by atoms with Gasteiger partial charge >= 0.3 is 0 Å². The first-order chi connectivity index (χ1) is 12.8. The Labute approximate surface area is 159 Å². The zero-order valence-corrected chi connectivity index (χ0v) is 16.1. The van der Waals surface area contributed by atoms with Gasteiger partial charge in [0.15, 0.2) is 0 Å². The van der Waals surface area contributed by atoms with Crippen molar-refractivity contribution in [3.63, 3.8) is 0 Å². The van der Waals surface area contributed by atoms with E-state index in [-0.39, 0.29) is 23.8 Å².